The molecule has 11 heteroatoms. The molecule has 7 nitrogen and oxygen atoms in total. The summed E-state index contributed by atoms with van der Waals surface area (Å²) in [5, 5.41) is -0.0434. The number of nitrogens with two attached hydrogens (primary N) is 1. The number of morpholine rings is 1. The molecule has 0 spiro atoms. The van der Waals surface area contributed by atoms with Crippen molar-refractivity contribution in [3.8, 4) is 5.75 Å². The molecular weight excluding hydrogens is 401 g/mol. The lowest BCUT2D eigenvalue weighted by Gasteiger charge is -2.31. The number of carbonyl (C=O) groups is 1. The van der Waals surface area contributed by atoms with Crippen LogP contribution in [0, 0.1) is 0 Å². The summed E-state index contributed by atoms with van der Waals surface area (Å²) in [6, 6.07) is 3.54. The number of amides is 1. The van der Waals surface area contributed by atoms with Gasteiger partial charge in [-0.2, -0.15) is 13.2 Å². The largest absolute Gasteiger partial charge is 0.486 e. The van der Waals surface area contributed by atoms with Crippen LogP contribution in [0.2, 0.25) is 5.02 Å². The number of alkyl halides is 3. The van der Waals surface area contributed by atoms with Crippen LogP contribution in [0.4, 0.5) is 19.1 Å². The van der Waals surface area contributed by atoms with Gasteiger partial charge in [0.2, 0.25) is 11.9 Å². The van der Waals surface area contributed by atoms with Crippen molar-refractivity contribution in [2.45, 2.75) is 18.9 Å². The van der Waals surface area contributed by atoms with Gasteiger partial charge in [-0.3, -0.25) is 4.79 Å². The Morgan fingerprint density at radius 3 is 2.71 bits per heavy atom. The first-order valence-electron chi connectivity index (χ1n) is 8.21. The van der Waals surface area contributed by atoms with E-state index >= 15 is 0 Å². The highest BCUT2D eigenvalue weighted by Gasteiger charge is 2.34. The predicted octanol–water partition coefficient (Wildman–Crippen LogP) is 2.42. The lowest BCUT2D eigenvalue weighted by Crippen LogP contribution is -2.49. The maximum atomic E-state index is 13.1. The minimum absolute atomic E-state index is 0.0434. The van der Waals surface area contributed by atoms with E-state index in [-0.39, 0.29) is 22.9 Å². The second kappa shape index (κ2) is 8.19. The number of ether oxygens (including phenoxy) is 2. The summed E-state index contributed by atoms with van der Waals surface area (Å²) in [5.74, 6) is -0.0722. The maximum absolute atomic E-state index is 13.1. The normalized spacial score (nSPS) is 17.4. The molecule has 0 saturated carbocycles. The SMILES string of the molecule is NC(=O)C1CN(c2ncc(OCc3c(Cl)cccc3C(F)(F)F)cn2)CCO1. The number of rotatable bonds is 5. The van der Waals surface area contributed by atoms with Gasteiger partial charge in [-0.25, -0.2) is 9.97 Å². The number of primary amides is 1. The standard InChI is InChI=1S/C17H16ClF3N4O3/c18-13-3-1-2-12(17(19,20)21)11(13)9-28-10-6-23-16(24-7-10)25-4-5-27-14(8-25)15(22)26/h1-3,6-7,14H,4-5,8-9H2,(H2,22,26). The highest BCUT2D eigenvalue weighted by molar-refractivity contribution is 6.31. The Kier molecular flexibility index (Phi) is 5.90. The van der Waals surface area contributed by atoms with E-state index in [0.717, 1.165) is 6.07 Å². The van der Waals surface area contributed by atoms with Crippen molar-refractivity contribution in [1.29, 1.82) is 0 Å². The highest BCUT2D eigenvalue weighted by atomic mass is 35.5. The van der Waals surface area contributed by atoms with E-state index in [0.29, 0.717) is 19.1 Å². The molecule has 28 heavy (non-hydrogen) atoms. The Balaban J connectivity index is 1.68. The molecule has 0 radical (unpaired) electrons. The van der Waals surface area contributed by atoms with Gasteiger partial charge in [-0.05, 0) is 12.1 Å². The van der Waals surface area contributed by atoms with Crippen molar-refractivity contribution < 1.29 is 27.4 Å². The molecule has 1 saturated heterocycles. The summed E-state index contributed by atoms with van der Waals surface area (Å²) in [7, 11) is 0. The molecule has 150 valence electrons. The van der Waals surface area contributed by atoms with E-state index in [2.05, 4.69) is 9.97 Å². The average molecular weight is 417 g/mol. The van der Waals surface area contributed by atoms with E-state index in [4.69, 9.17) is 26.8 Å². The molecule has 3 rings (SSSR count). The second-order valence-electron chi connectivity index (χ2n) is 5.98. The van der Waals surface area contributed by atoms with Gasteiger partial charge in [-0.1, -0.05) is 17.7 Å². The van der Waals surface area contributed by atoms with Crippen LogP contribution in [-0.4, -0.2) is 41.7 Å². The molecule has 0 bridgehead atoms. The third kappa shape index (κ3) is 4.63. The molecule has 1 fully saturated rings. The number of hydrogen-bond donors (Lipinski definition) is 1. The molecule has 1 aliphatic rings. The molecular formula is C17H16ClF3N4O3. The van der Waals surface area contributed by atoms with E-state index < -0.39 is 30.4 Å². The van der Waals surface area contributed by atoms with E-state index in [1.807, 2.05) is 0 Å². The Labute approximate surface area is 163 Å². The topological polar surface area (TPSA) is 90.6 Å². The van der Waals surface area contributed by atoms with Crippen molar-refractivity contribution in [1.82, 2.24) is 9.97 Å². The van der Waals surface area contributed by atoms with Crippen LogP contribution in [0.25, 0.3) is 0 Å². The monoisotopic (exact) mass is 416 g/mol. The van der Waals surface area contributed by atoms with Crippen LogP contribution in [-0.2, 0) is 22.3 Å². The Morgan fingerprint density at radius 2 is 2.07 bits per heavy atom. The van der Waals surface area contributed by atoms with Gasteiger partial charge < -0.3 is 20.1 Å². The molecule has 0 aliphatic carbocycles. The fourth-order valence-corrected chi connectivity index (χ4v) is 2.91. The van der Waals surface area contributed by atoms with E-state index in [9.17, 15) is 18.0 Å². The molecule has 1 aromatic heterocycles. The number of halogens is 4. The zero-order chi connectivity index (χ0) is 20.3. The van der Waals surface area contributed by atoms with Crippen LogP contribution in [0.1, 0.15) is 11.1 Å². The Morgan fingerprint density at radius 1 is 1.36 bits per heavy atom. The first-order valence-corrected chi connectivity index (χ1v) is 8.59. The van der Waals surface area contributed by atoms with Crippen molar-refractivity contribution in [2.24, 2.45) is 5.73 Å². The van der Waals surface area contributed by atoms with Crippen molar-refractivity contribution in [3.05, 3.63) is 46.7 Å². The number of benzene rings is 1. The van der Waals surface area contributed by atoms with Crippen LogP contribution >= 0.6 is 11.6 Å². The highest BCUT2D eigenvalue weighted by Crippen LogP contribution is 2.35. The van der Waals surface area contributed by atoms with Crippen molar-refractivity contribution >= 4 is 23.5 Å². The van der Waals surface area contributed by atoms with Crippen molar-refractivity contribution in [3.63, 3.8) is 0 Å². The fraction of sp³-hybridized carbons (Fsp3) is 0.353. The zero-order valence-corrected chi connectivity index (χ0v) is 15.2. The average Bonchev–Trinajstić information content (AvgIpc) is 2.66. The smallest absolute Gasteiger partial charge is 0.416 e. The Hall–Kier alpha value is -2.59. The molecule has 2 N–H and O–H groups in total. The van der Waals surface area contributed by atoms with Crippen molar-refractivity contribution in [2.75, 3.05) is 24.6 Å². The molecule has 1 aromatic carbocycles. The van der Waals surface area contributed by atoms with Gasteiger partial charge in [0.15, 0.2) is 11.9 Å². The lowest BCUT2D eigenvalue weighted by molar-refractivity contribution is -0.138. The molecule has 1 amide bonds. The van der Waals surface area contributed by atoms with Crippen LogP contribution < -0.4 is 15.4 Å². The number of carbonyl (C=O) groups excluding carboxylic acids is 1. The van der Waals surface area contributed by atoms with Gasteiger partial charge in [0, 0.05) is 17.1 Å². The van der Waals surface area contributed by atoms with Gasteiger partial charge >= 0.3 is 6.18 Å². The van der Waals surface area contributed by atoms with Gasteiger partial charge in [0.05, 0.1) is 31.1 Å². The summed E-state index contributed by atoms with van der Waals surface area (Å²) in [5.41, 5.74) is 4.21. The molecule has 1 unspecified atom stereocenters. The first kappa shape index (κ1) is 20.2. The first-order chi connectivity index (χ1) is 13.3. The number of hydrogen-bond acceptors (Lipinski definition) is 6. The van der Waals surface area contributed by atoms with Gasteiger partial charge in [0.25, 0.3) is 0 Å². The minimum atomic E-state index is -4.54. The third-order valence-electron chi connectivity index (χ3n) is 4.09. The quantitative estimate of drug-likeness (QED) is 0.805. The van der Waals surface area contributed by atoms with Gasteiger partial charge in [-0.15, -0.1) is 0 Å². The second-order valence-corrected chi connectivity index (χ2v) is 6.39. The third-order valence-corrected chi connectivity index (χ3v) is 4.44. The summed E-state index contributed by atoms with van der Waals surface area (Å²) >= 11 is 5.90. The van der Waals surface area contributed by atoms with Crippen LogP contribution in [0.3, 0.4) is 0 Å². The van der Waals surface area contributed by atoms with E-state index in [1.54, 1.807) is 4.90 Å². The molecule has 2 heterocycles. The molecule has 2 aromatic rings. The lowest BCUT2D eigenvalue weighted by atomic mass is 10.1. The fourth-order valence-electron chi connectivity index (χ4n) is 2.68. The predicted molar refractivity (Wildman–Crippen MR) is 94.0 cm³/mol. The maximum Gasteiger partial charge on any atom is 0.416 e. The summed E-state index contributed by atoms with van der Waals surface area (Å²) in [6.07, 6.45) is -2.63. The summed E-state index contributed by atoms with van der Waals surface area (Å²) in [6.45, 7) is 0.586. The zero-order valence-electron chi connectivity index (χ0n) is 14.4. The molecule has 1 aliphatic heterocycles. The minimum Gasteiger partial charge on any atom is -0.486 e. The number of aromatic nitrogens is 2. The van der Waals surface area contributed by atoms with Gasteiger partial charge in [0.1, 0.15) is 6.61 Å². The van der Waals surface area contributed by atoms with E-state index in [1.165, 1.54) is 24.5 Å². The number of nitrogens with zero attached hydrogens (tertiary/aromatic N) is 3. The van der Waals surface area contributed by atoms with Crippen LogP contribution in [0.15, 0.2) is 30.6 Å². The Bertz CT molecular complexity index is 849. The van der Waals surface area contributed by atoms with Crippen LogP contribution in [0.5, 0.6) is 5.75 Å². The number of anilines is 1. The summed E-state index contributed by atoms with van der Waals surface area (Å²) in [4.78, 5) is 21.2. The molecule has 1 atom stereocenters. The summed E-state index contributed by atoms with van der Waals surface area (Å²) < 4.78 is 50.0.